The van der Waals surface area contributed by atoms with Crippen LogP contribution in [0.15, 0.2) is 22.7 Å². The first kappa shape index (κ1) is 15.1. The maximum absolute atomic E-state index is 6.19. The number of piperidine rings is 1. The molecule has 1 N–H and O–H groups in total. The Kier molecular flexibility index (Phi) is 5.55. The molecule has 19 heavy (non-hydrogen) atoms. The van der Waals surface area contributed by atoms with Crippen LogP contribution >= 0.6 is 27.5 Å². The predicted molar refractivity (Wildman–Crippen MR) is 87.3 cm³/mol. The fourth-order valence-electron chi connectivity index (χ4n) is 2.78. The Morgan fingerprint density at radius 1 is 1.47 bits per heavy atom. The molecule has 0 radical (unpaired) electrons. The van der Waals surface area contributed by atoms with Gasteiger partial charge in [0.25, 0.3) is 0 Å². The molecule has 0 aliphatic carbocycles. The van der Waals surface area contributed by atoms with Crippen molar-refractivity contribution < 1.29 is 0 Å². The molecule has 1 saturated heterocycles. The lowest BCUT2D eigenvalue weighted by atomic mass is 9.97. The van der Waals surface area contributed by atoms with E-state index >= 15 is 0 Å². The summed E-state index contributed by atoms with van der Waals surface area (Å²) >= 11 is 9.80. The minimum Gasteiger partial charge on any atom is -0.368 e. The summed E-state index contributed by atoms with van der Waals surface area (Å²) in [4.78, 5) is 2.46. The molecule has 1 aromatic carbocycles. The van der Waals surface area contributed by atoms with Crippen molar-refractivity contribution in [2.45, 2.75) is 45.2 Å². The number of benzene rings is 1. The van der Waals surface area contributed by atoms with E-state index in [0.717, 1.165) is 22.6 Å². The third kappa shape index (κ3) is 3.65. The lowest BCUT2D eigenvalue weighted by Crippen LogP contribution is -2.47. The van der Waals surface area contributed by atoms with Crippen molar-refractivity contribution in [3.63, 3.8) is 0 Å². The summed E-state index contributed by atoms with van der Waals surface area (Å²) in [5, 5.41) is 4.42. The SMILES string of the molecule is CCCNC1CCN(c2cccc(Cl)c2Br)C(C)C1. The van der Waals surface area contributed by atoms with Gasteiger partial charge in [-0.05, 0) is 60.8 Å². The number of hydrogen-bond acceptors (Lipinski definition) is 2. The molecule has 0 bridgehead atoms. The van der Waals surface area contributed by atoms with Gasteiger partial charge in [0.2, 0.25) is 0 Å². The zero-order valence-corrected chi connectivity index (χ0v) is 14.0. The first-order chi connectivity index (χ1) is 9.13. The molecule has 4 heteroatoms. The van der Waals surface area contributed by atoms with Crippen LogP contribution in [0, 0.1) is 0 Å². The Bertz CT molecular complexity index is 425. The minimum atomic E-state index is 0.540. The van der Waals surface area contributed by atoms with E-state index in [1.807, 2.05) is 12.1 Å². The smallest absolute Gasteiger partial charge is 0.0595 e. The highest BCUT2D eigenvalue weighted by molar-refractivity contribution is 9.10. The minimum absolute atomic E-state index is 0.540. The molecule has 2 rings (SSSR count). The molecule has 106 valence electrons. The third-order valence-electron chi connectivity index (χ3n) is 3.80. The molecule has 2 nitrogen and oxygen atoms in total. The Hall–Kier alpha value is -0.250. The summed E-state index contributed by atoms with van der Waals surface area (Å²) in [6, 6.07) is 7.29. The highest BCUT2D eigenvalue weighted by Crippen LogP contribution is 2.35. The van der Waals surface area contributed by atoms with Crippen LogP contribution in [0.4, 0.5) is 5.69 Å². The van der Waals surface area contributed by atoms with E-state index in [0.29, 0.717) is 12.1 Å². The van der Waals surface area contributed by atoms with Gasteiger partial charge in [0.15, 0.2) is 0 Å². The second-order valence-corrected chi connectivity index (χ2v) is 6.49. The van der Waals surface area contributed by atoms with Crippen molar-refractivity contribution in [2.24, 2.45) is 0 Å². The zero-order valence-electron chi connectivity index (χ0n) is 11.6. The lowest BCUT2D eigenvalue weighted by Gasteiger charge is -2.40. The van der Waals surface area contributed by atoms with Crippen LogP contribution in [-0.2, 0) is 0 Å². The average molecular weight is 346 g/mol. The molecule has 2 unspecified atom stereocenters. The molecule has 1 fully saturated rings. The first-order valence-electron chi connectivity index (χ1n) is 7.07. The number of nitrogens with zero attached hydrogens (tertiary/aromatic N) is 1. The van der Waals surface area contributed by atoms with E-state index in [-0.39, 0.29) is 0 Å². The number of rotatable bonds is 4. The van der Waals surface area contributed by atoms with Gasteiger partial charge in [-0.15, -0.1) is 0 Å². The van der Waals surface area contributed by atoms with Gasteiger partial charge < -0.3 is 10.2 Å². The van der Waals surface area contributed by atoms with Crippen LogP contribution in [0.3, 0.4) is 0 Å². The van der Waals surface area contributed by atoms with Crippen molar-refractivity contribution in [2.75, 3.05) is 18.0 Å². The van der Waals surface area contributed by atoms with E-state index in [1.165, 1.54) is 24.9 Å². The second-order valence-electron chi connectivity index (χ2n) is 5.29. The summed E-state index contributed by atoms with van der Waals surface area (Å²) in [5.41, 5.74) is 1.22. The van der Waals surface area contributed by atoms with Crippen molar-refractivity contribution in [1.82, 2.24) is 5.32 Å². The largest absolute Gasteiger partial charge is 0.368 e. The summed E-state index contributed by atoms with van der Waals surface area (Å²) in [6.45, 7) is 6.72. The first-order valence-corrected chi connectivity index (χ1v) is 8.24. The highest BCUT2D eigenvalue weighted by atomic mass is 79.9. The number of nitrogens with one attached hydrogen (secondary N) is 1. The van der Waals surface area contributed by atoms with Gasteiger partial charge in [0, 0.05) is 18.6 Å². The van der Waals surface area contributed by atoms with E-state index < -0.39 is 0 Å². The van der Waals surface area contributed by atoms with E-state index in [2.05, 4.69) is 46.1 Å². The maximum Gasteiger partial charge on any atom is 0.0595 e. The Morgan fingerprint density at radius 3 is 2.95 bits per heavy atom. The molecule has 1 heterocycles. The number of halogens is 2. The lowest BCUT2D eigenvalue weighted by molar-refractivity contribution is 0.368. The summed E-state index contributed by atoms with van der Waals surface area (Å²) in [6.07, 6.45) is 3.59. The molecule has 1 aliphatic rings. The second kappa shape index (κ2) is 6.96. The summed E-state index contributed by atoms with van der Waals surface area (Å²) in [5.74, 6) is 0. The van der Waals surface area contributed by atoms with Crippen molar-refractivity contribution in [3.8, 4) is 0 Å². The third-order valence-corrected chi connectivity index (χ3v) is 5.18. The van der Waals surface area contributed by atoms with Crippen LogP contribution in [0.1, 0.15) is 33.1 Å². The Balaban J connectivity index is 2.05. The molecular formula is C15H22BrClN2. The van der Waals surface area contributed by atoms with Gasteiger partial charge in [-0.25, -0.2) is 0 Å². The van der Waals surface area contributed by atoms with Crippen LogP contribution in [0.2, 0.25) is 5.02 Å². The highest BCUT2D eigenvalue weighted by Gasteiger charge is 2.26. The Labute approximate surface area is 129 Å². The molecule has 0 aromatic heterocycles. The van der Waals surface area contributed by atoms with E-state index in [9.17, 15) is 0 Å². The maximum atomic E-state index is 6.19. The van der Waals surface area contributed by atoms with Gasteiger partial charge >= 0.3 is 0 Å². The molecule has 0 amide bonds. The van der Waals surface area contributed by atoms with Crippen molar-refractivity contribution in [1.29, 1.82) is 0 Å². The summed E-state index contributed by atoms with van der Waals surface area (Å²) < 4.78 is 1.02. The van der Waals surface area contributed by atoms with Crippen LogP contribution < -0.4 is 10.2 Å². The normalized spacial score (nSPS) is 23.7. The van der Waals surface area contributed by atoms with Gasteiger partial charge in [0.05, 0.1) is 15.2 Å². The Morgan fingerprint density at radius 2 is 2.26 bits per heavy atom. The van der Waals surface area contributed by atoms with Gasteiger partial charge in [-0.2, -0.15) is 0 Å². The average Bonchev–Trinajstić information content (AvgIpc) is 2.40. The topological polar surface area (TPSA) is 15.3 Å². The fourth-order valence-corrected chi connectivity index (χ4v) is 3.44. The fraction of sp³-hybridized carbons (Fsp3) is 0.600. The predicted octanol–water partition coefficient (Wildman–Crippen LogP) is 4.46. The molecule has 0 saturated carbocycles. The van der Waals surface area contributed by atoms with Crippen LogP contribution in [-0.4, -0.2) is 25.2 Å². The quantitative estimate of drug-likeness (QED) is 0.866. The van der Waals surface area contributed by atoms with Gasteiger partial charge in [-0.1, -0.05) is 24.6 Å². The van der Waals surface area contributed by atoms with E-state index in [1.54, 1.807) is 0 Å². The molecule has 0 spiro atoms. The molecule has 2 atom stereocenters. The molecule has 1 aromatic rings. The number of hydrogen-bond donors (Lipinski definition) is 1. The zero-order chi connectivity index (χ0) is 13.8. The van der Waals surface area contributed by atoms with Crippen molar-refractivity contribution >= 4 is 33.2 Å². The van der Waals surface area contributed by atoms with Crippen LogP contribution in [0.5, 0.6) is 0 Å². The van der Waals surface area contributed by atoms with Crippen LogP contribution in [0.25, 0.3) is 0 Å². The van der Waals surface area contributed by atoms with Gasteiger partial charge in [0.1, 0.15) is 0 Å². The molecule has 1 aliphatic heterocycles. The summed E-state index contributed by atoms with van der Waals surface area (Å²) in [7, 11) is 0. The monoisotopic (exact) mass is 344 g/mol. The number of anilines is 1. The molecular weight excluding hydrogens is 324 g/mol. The van der Waals surface area contributed by atoms with Gasteiger partial charge in [-0.3, -0.25) is 0 Å². The standard InChI is InChI=1S/C15H22BrClN2/c1-3-8-18-12-7-9-19(11(2)10-12)14-6-4-5-13(17)15(14)16/h4-6,11-12,18H,3,7-10H2,1-2H3. The van der Waals surface area contributed by atoms with E-state index in [4.69, 9.17) is 11.6 Å². The van der Waals surface area contributed by atoms with Crippen molar-refractivity contribution in [3.05, 3.63) is 27.7 Å².